The normalized spacial score (nSPS) is 16.6. The Morgan fingerprint density at radius 2 is 1.86 bits per heavy atom. The lowest BCUT2D eigenvalue weighted by molar-refractivity contribution is -0.0154. The smallest absolute Gasteiger partial charge is 0.257 e. The van der Waals surface area contributed by atoms with Crippen LogP contribution in [0, 0.1) is 0 Å². The summed E-state index contributed by atoms with van der Waals surface area (Å²) in [5.74, 6) is 1.23. The van der Waals surface area contributed by atoms with E-state index in [0.29, 0.717) is 29.2 Å². The third-order valence-electron chi connectivity index (χ3n) is 5.76. The number of ether oxygens (including phenoxy) is 3. The zero-order valence-electron chi connectivity index (χ0n) is 19.2. The van der Waals surface area contributed by atoms with Gasteiger partial charge >= 0.3 is 0 Å². The number of rotatable bonds is 8. The first kappa shape index (κ1) is 22.5. The zero-order chi connectivity index (χ0) is 24.3. The summed E-state index contributed by atoms with van der Waals surface area (Å²) in [5, 5.41) is 13.7. The molecule has 3 aromatic carbocycles. The third kappa shape index (κ3) is 4.71. The van der Waals surface area contributed by atoms with Crippen molar-refractivity contribution in [2.45, 2.75) is 32.1 Å². The van der Waals surface area contributed by atoms with E-state index < -0.39 is 5.72 Å². The fourth-order valence-electron chi connectivity index (χ4n) is 3.88. The van der Waals surface area contributed by atoms with Gasteiger partial charge in [0.05, 0.1) is 5.56 Å². The summed E-state index contributed by atoms with van der Waals surface area (Å²) in [6.45, 7) is 2.59. The molecule has 0 bridgehead atoms. The first-order valence-electron chi connectivity index (χ1n) is 11.4. The SMILES string of the molecule is CCCc1ccc(COc2ccc(C(=O)c3cccc4c3OC(N)(c3nn[nH]n3)CO4)cc2)cc1. The van der Waals surface area contributed by atoms with Crippen LogP contribution >= 0.6 is 0 Å². The van der Waals surface area contributed by atoms with E-state index in [9.17, 15) is 4.79 Å². The number of hydrogen-bond donors (Lipinski definition) is 2. The third-order valence-corrected chi connectivity index (χ3v) is 5.76. The van der Waals surface area contributed by atoms with Crippen LogP contribution in [-0.2, 0) is 18.8 Å². The zero-order valence-corrected chi connectivity index (χ0v) is 19.2. The van der Waals surface area contributed by atoms with E-state index in [1.807, 2.05) is 0 Å². The van der Waals surface area contributed by atoms with Crippen molar-refractivity contribution >= 4 is 5.78 Å². The van der Waals surface area contributed by atoms with E-state index in [1.165, 1.54) is 5.56 Å². The molecule has 0 saturated heterocycles. The van der Waals surface area contributed by atoms with Crippen LogP contribution in [-0.4, -0.2) is 33.0 Å². The highest BCUT2D eigenvalue weighted by molar-refractivity contribution is 6.11. The van der Waals surface area contributed by atoms with E-state index in [-0.39, 0.29) is 24.0 Å². The van der Waals surface area contributed by atoms with Crippen LogP contribution in [0.15, 0.2) is 66.7 Å². The Kier molecular flexibility index (Phi) is 6.15. The van der Waals surface area contributed by atoms with Crippen LogP contribution in [0.4, 0.5) is 0 Å². The number of H-pyrrole nitrogens is 1. The van der Waals surface area contributed by atoms with Crippen LogP contribution in [0.2, 0.25) is 0 Å². The van der Waals surface area contributed by atoms with Gasteiger partial charge < -0.3 is 14.2 Å². The van der Waals surface area contributed by atoms with Crippen LogP contribution in [0.25, 0.3) is 0 Å². The average Bonchev–Trinajstić information content (AvgIpc) is 3.44. The van der Waals surface area contributed by atoms with Crippen molar-refractivity contribution in [3.05, 3.63) is 94.8 Å². The summed E-state index contributed by atoms with van der Waals surface area (Å²) in [6.07, 6.45) is 2.19. The molecule has 0 radical (unpaired) electrons. The predicted octanol–water partition coefficient (Wildman–Crippen LogP) is 3.55. The standard InChI is InChI=1S/C26H25N5O4/c1-2-4-17-7-9-18(10-8-17)15-33-20-13-11-19(12-14-20)23(32)21-5-3-6-22-24(21)35-26(27,16-34-22)25-28-30-31-29-25/h3,5-14H,2,4,15-16,27H2,1H3,(H,28,29,30,31). The van der Waals surface area contributed by atoms with Crippen molar-refractivity contribution in [2.75, 3.05) is 6.61 Å². The van der Waals surface area contributed by atoms with Gasteiger partial charge in [-0.3, -0.25) is 10.5 Å². The molecule has 0 spiro atoms. The van der Waals surface area contributed by atoms with E-state index in [1.54, 1.807) is 42.5 Å². The second-order valence-electron chi connectivity index (χ2n) is 8.36. The number of aromatic amines is 1. The van der Waals surface area contributed by atoms with Gasteiger partial charge in [-0.25, -0.2) is 0 Å². The lowest BCUT2D eigenvalue weighted by Gasteiger charge is -2.33. The molecule has 1 aromatic heterocycles. The number of carbonyl (C=O) groups excluding carboxylic acids is 1. The minimum atomic E-state index is -1.47. The summed E-state index contributed by atoms with van der Waals surface area (Å²) in [4.78, 5) is 13.3. The maximum absolute atomic E-state index is 13.3. The number of ketones is 1. The van der Waals surface area contributed by atoms with Crippen molar-refractivity contribution in [1.29, 1.82) is 0 Å². The summed E-state index contributed by atoms with van der Waals surface area (Å²) < 4.78 is 17.7. The summed E-state index contributed by atoms with van der Waals surface area (Å²) in [6, 6.07) is 20.5. The Balaban J connectivity index is 1.30. The van der Waals surface area contributed by atoms with Crippen molar-refractivity contribution < 1.29 is 19.0 Å². The van der Waals surface area contributed by atoms with E-state index >= 15 is 0 Å². The van der Waals surface area contributed by atoms with E-state index in [2.05, 4.69) is 51.8 Å². The number of aromatic nitrogens is 4. The molecular weight excluding hydrogens is 446 g/mol. The number of nitrogens with zero attached hydrogens (tertiary/aromatic N) is 3. The summed E-state index contributed by atoms with van der Waals surface area (Å²) in [7, 11) is 0. The Morgan fingerprint density at radius 3 is 2.57 bits per heavy atom. The Hall–Kier alpha value is -4.24. The second-order valence-corrected chi connectivity index (χ2v) is 8.36. The molecule has 1 aliphatic heterocycles. The maximum atomic E-state index is 13.3. The molecule has 0 fully saturated rings. The predicted molar refractivity (Wildman–Crippen MR) is 127 cm³/mol. The first-order chi connectivity index (χ1) is 17.1. The monoisotopic (exact) mass is 471 g/mol. The fourth-order valence-corrected chi connectivity index (χ4v) is 3.88. The molecule has 178 valence electrons. The molecule has 0 amide bonds. The van der Waals surface area contributed by atoms with Gasteiger partial charge in [-0.1, -0.05) is 43.7 Å². The molecule has 1 aliphatic rings. The minimum Gasteiger partial charge on any atom is -0.489 e. The number of fused-ring (bicyclic) bond motifs is 1. The van der Waals surface area contributed by atoms with Gasteiger partial charge in [0.1, 0.15) is 19.0 Å². The molecule has 0 saturated carbocycles. The Morgan fingerprint density at radius 1 is 1.09 bits per heavy atom. The van der Waals surface area contributed by atoms with Crippen LogP contribution < -0.4 is 19.9 Å². The van der Waals surface area contributed by atoms with E-state index in [0.717, 1.165) is 18.4 Å². The molecule has 5 rings (SSSR count). The van der Waals surface area contributed by atoms with Gasteiger partial charge in [-0.2, -0.15) is 5.21 Å². The van der Waals surface area contributed by atoms with Crippen molar-refractivity contribution in [3.8, 4) is 17.2 Å². The Bertz CT molecular complexity index is 1310. The second kappa shape index (κ2) is 9.55. The fraction of sp³-hybridized carbons (Fsp3) is 0.231. The number of carbonyl (C=O) groups is 1. The molecule has 35 heavy (non-hydrogen) atoms. The number of nitrogens with one attached hydrogen (secondary N) is 1. The first-order valence-corrected chi connectivity index (χ1v) is 11.4. The topological polar surface area (TPSA) is 125 Å². The molecule has 3 N–H and O–H groups in total. The highest BCUT2D eigenvalue weighted by Gasteiger charge is 2.41. The molecule has 2 heterocycles. The molecule has 0 aliphatic carbocycles. The molecule has 1 unspecified atom stereocenters. The summed E-state index contributed by atoms with van der Waals surface area (Å²) in [5.41, 5.74) is 8.05. The highest BCUT2D eigenvalue weighted by Crippen LogP contribution is 2.40. The van der Waals surface area contributed by atoms with Gasteiger partial charge in [0, 0.05) is 5.56 Å². The largest absolute Gasteiger partial charge is 0.489 e. The number of nitrogens with two attached hydrogens (primary N) is 1. The van der Waals surface area contributed by atoms with Gasteiger partial charge in [-0.05, 0) is 59.2 Å². The van der Waals surface area contributed by atoms with E-state index in [4.69, 9.17) is 19.9 Å². The van der Waals surface area contributed by atoms with Crippen molar-refractivity contribution in [1.82, 2.24) is 20.6 Å². The lowest BCUT2D eigenvalue weighted by Crippen LogP contribution is -2.51. The number of aryl methyl sites for hydroxylation is 1. The van der Waals surface area contributed by atoms with Crippen LogP contribution in [0.1, 0.15) is 46.2 Å². The lowest BCUT2D eigenvalue weighted by atomic mass is 10.0. The molecule has 4 aromatic rings. The number of para-hydroxylation sites is 1. The van der Waals surface area contributed by atoms with Crippen LogP contribution in [0.5, 0.6) is 17.2 Å². The molecule has 9 nitrogen and oxygen atoms in total. The van der Waals surface area contributed by atoms with Gasteiger partial charge in [-0.15, -0.1) is 10.2 Å². The number of tetrazole rings is 1. The highest BCUT2D eigenvalue weighted by atomic mass is 16.6. The number of benzene rings is 3. The summed E-state index contributed by atoms with van der Waals surface area (Å²) >= 11 is 0. The van der Waals surface area contributed by atoms with Crippen molar-refractivity contribution in [2.24, 2.45) is 5.73 Å². The quantitative estimate of drug-likeness (QED) is 0.374. The minimum absolute atomic E-state index is 0.0233. The molecule has 9 heteroatoms. The van der Waals surface area contributed by atoms with Gasteiger partial charge in [0.15, 0.2) is 17.3 Å². The van der Waals surface area contributed by atoms with Crippen molar-refractivity contribution in [3.63, 3.8) is 0 Å². The van der Waals surface area contributed by atoms with Gasteiger partial charge in [0.2, 0.25) is 5.82 Å². The maximum Gasteiger partial charge on any atom is 0.257 e. The van der Waals surface area contributed by atoms with Gasteiger partial charge in [0.25, 0.3) is 5.72 Å². The Labute approximate surface area is 202 Å². The number of hydrogen-bond acceptors (Lipinski definition) is 8. The molecule has 1 atom stereocenters. The average molecular weight is 472 g/mol. The van der Waals surface area contributed by atoms with Crippen LogP contribution in [0.3, 0.4) is 0 Å². The molecular formula is C26H25N5O4.